The Balaban J connectivity index is 2.33. The summed E-state index contributed by atoms with van der Waals surface area (Å²) < 4.78 is 1.91. The zero-order valence-corrected chi connectivity index (χ0v) is 12.1. The largest absolute Gasteiger partial charge is 0.508 e. The summed E-state index contributed by atoms with van der Waals surface area (Å²) in [6.45, 7) is 3.69. The summed E-state index contributed by atoms with van der Waals surface area (Å²) in [5, 5.41) is 21.7. The summed E-state index contributed by atoms with van der Waals surface area (Å²) in [6, 6.07) is 6.47. The molecule has 1 heterocycles. The van der Waals surface area contributed by atoms with E-state index >= 15 is 0 Å². The highest BCUT2D eigenvalue weighted by molar-refractivity contribution is 8.11. The molecule has 1 aromatic carbocycles. The molecule has 0 aliphatic rings. The number of phenols is 1. The van der Waals surface area contributed by atoms with E-state index in [1.54, 1.807) is 28.9 Å². The normalized spacial score (nSPS) is 11.1. The molecule has 0 radical (unpaired) electrons. The van der Waals surface area contributed by atoms with Gasteiger partial charge < -0.3 is 5.11 Å². The average Bonchev–Trinajstić information content (AvgIpc) is 2.65. The van der Waals surface area contributed by atoms with Crippen molar-refractivity contribution in [1.82, 2.24) is 9.78 Å². The van der Waals surface area contributed by atoms with Gasteiger partial charge in [0.15, 0.2) is 4.32 Å². The molecule has 2 rings (SSSR count). The van der Waals surface area contributed by atoms with Crippen LogP contribution in [0.4, 0.5) is 11.4 Å². The third-order valence-corrected chi connectivity index (χ3v) is 2.91. The molecule has 7 heteroatoms. The van der Waals surface area contributed by atoms with Gasteiger partial charge in [0.05, 0.1) is 17.1 Å². The van der Waals surface area contributed by atoms with Gasteiger partial charge >= 0.3 is 0 Å². The van der Waals surface area contributed by atoms with Gasteiger partial charge in [-0.2, -0.15) is 10.2 Å². The van der Waals surface area contributed by atoms with Gasteiger partial charge in [-0.1, -0.05) is 12.2 Å². The number of azo groups is 1. The Bertz CT molecular complexity index is 646. The monoisotopic (exact) mass is 292 g/mol. The summed E-state index contributed by atoms with van der Waals surface area (Å²) in [5.41, 5.74) is 2.85. The number of hydrogen-bond donors (Lipinski definition) is 2. The van der Waals surface area contributed by atoms with E-state index in [-0.39, 0.29) is 5.75 Å². The first-order valence-electron chi connectivity index (χ1n) is 5.49. The van der Waals surface area contributed by atoms with Gasteiger partial charge in [0.1, 0.15) is 11.4 Å². The van der Waals surface area contributed by atoms with E-state index in [1.165, 1.54) is 0 Å². The number of rotatable bonds is 2. The fourth-order valence-electron chi connectivity index (χ4n) is 1.59. The minimum Gasteiger partial charge on any atom is -0.508 e. The van der Waals surface area contributed by atoms with Crippen LogP contribution in [0, 0.1) is 13.8 Å². The van der Waals surface area contributed by atoms with Gasteiger partial charge in [0, 0.05) is 0 Å². The first-order valence-corrected chi connectivity index (χ1v) is 6.35. The molecule has 0 aliphatic heterocycles. The lowest BCUT2D eigenvalue weighted by Crippen LogP contribution is -2.05. The summed E-state index contributed by atoms with van der Waals surface area (Å²) in [4.78, 5) is 0. The number of thiocarbonyl (C=S) groups is 1. The molecule has 1 aromatic heterocycles. The van der Waals surface area contributed by atoms with Crippen LogP contribution in [-0.4, -0.2) is 19.2 Å². The summed E-state index contributed by atoms with van der Waals surface area (Å²) >= 11 is 9.08. The minimum absolute atomic E-state index is 0.194. The highest BCUT2D eigenvalue weighted by atomic mass is 32.1. The van der Waals surface area contributed by atoms with E-state index in [4.69, 9.17) is 12.2 Å². The number of benzene rings is 1. The lowest BCUT2D eigenvalue weighted by molar-refractivity contribution is 0.475. The molecule has 0 amide bonds. The molecule has 5 nitrogen and oxygen atoms in total. The number of aromatic hydroxyl groups is 1. The summed E-state index contributed by atoms with van der Waals surface area (Å²) in [5.74, 6) is 0.194. The van der Waals surface area contributed by atoms with E-state index < -0.39 is 0 Å². The number of hydrogen-bond acceptors (Lipinski definition) is 5. The molecule has 98 valence electrons. The van der Waals surface area contributed by atoms with Crippen molar-refractivity contribution >= 4 is 40.5 Å². The van der Waals surface area contributed by atoms with Gasteiger partial charge in [0.2, 0.25) is 0 Å². The molecule has 0 bridgehead atoms. The number of nitrogens with zero attached hydrogens (tertiary/aromatic N) is 4. The number of thiol groups is 1. The Morgan fingerprint density at radius 1 is 1.26 bits per heavy atom. The third-order valence-electron chi connectivity index (χ3n) is 2.55. The Morgan fingerprint density at radius 3 is 2.42 bits per heavy atom. The molecule has 0 spiro atoms. The quantitative estimate of drug-likeness (QED) is 0.504. The molecule has 0 aliphatic carbocycles. The molecular weight excluding hydrogens is 280 g/mol. The minimum atomic E-state index is 0.194. The van der Waals surface area contributed by atoms with Crippen LogP contribution in [0.3, 0.4) is 0 Å². The lowest BCUT2D eigenvalue weighted by atomic mass is 10.3. The molecule has 2 aromatic rings. The topological polar surface area (TPSA) is 62.8 Å². The molecule has 0 fully saturated rings. The molecule has 0 unspecified atom stereocenters. The smallest absolute Gasteiger partial charge is 0.158 e. The van der Waals surface area contributed by atoms with Crippen LogP contribution in [0.1, 0.15) is 11.4 Å². The van der Waals surface area contributed by atoms with E-state index in [0.717, 1.165) is 11.4 Å². The standard InChI is InChI=1S/C12H12N4OS2/c1-7-11(8(2)16(15-7)12(18)19)14-13-9-3-5-10(17)6-4-9/h3-6,17H,1-2H3,(H,18,19). The van der Waals surface area contributed by atoms with Crippen LogP contribution in [0.25, 0.3) is 0 Å². The highest BCUT2D eigenvalue weighted by Gasteiger charge is 2.12. The van der Waals surface area contributed by atoms with E-state index in [9.17, 15) is 5.11 Å². The highest BCUT2D eigenvalue weighted by Crippen LogP contribution is 2.26. The first kappa shape index (κ1) is 13.7. The zero-order chi connectivity index (χ0) is 14.0. The van der Waals surface area contributed by atoms with Crippen LogP contribution in [0.15, 0.2) is 34.5 Å². The number of aromatic nitrogens is 2. The van der Waals surface area contributed by atoms with Crippen molar-refractivity contribution in [1.29, 1.82) is 0 Å². The molecule has 19 heavy (non-hydrogen) atoms. The fraction of sp³-hybridized carbons (Fsp3) is 0.167. The van der Waals surface area contributed by atoms with E-state index in [1.807, 2.05) is 13.8 Å². The van der Waals surface area contributed by atoms with Crippen LogP contribution in [-0.2, 0) is 0 Å². The average molecular weight is 292 g/mol. The second-order valence-electron chi connectivity index (χ2n) is 3.93. The number of aryl methyl sites for hydroxylation is 1. The summed E-state index contributed by atoms with van der Waals surface area (Å²) in [7, 11) is 0. The van der Waals surface area contributed by atoms with Crippen LogP contribution >= 0.6 is 24.8 Å². The van der Waals surface area contributed by atoms with Crippen molar-refractivity contribution in [2.45, 2.75) is 13.8 Å². The molecule has 0 saturated heterocycles. The maximum atomic E-state index is 9.19. The zero-order valence-electron chi connectivity index (χ0n) is 10.4. The Hall–Kier alpha value is -1.73. The predicted octanol–water partition coefficient (Wildman–Crippen LogP) is 3.68. The van der Waals surface area contributed by atoms with Crippen molar-refractivity contribution < 1.29 is 5.11 Å². The lowest BCUT2D eigenvalue weighted by Gasteiger charge is -1.98. The second-order valence-corrected chi connectivity index (χ2v) is 5.04. The Labute approximate surface area is 121 Å². The van der Waals surface area contributed by atoms with Crippen molar-refractivity contribution in [3.8, 4) is 5.75 Å². The van der Waals surface area contributed by atoms with Crippen LogP contribution in [0.5, 0.6) is 5.75 Å². The van der Waals surface area contributed by atoms with Crippen LogP contribution < -0.4 is 0 Å². The van der Waals surface area contributed by atoms with Crippen molar-refractivity contribution in [2.24, 2.45) is 10.2 Å². The van der Waals surface area contributed by atoms with Crippen molar-refractivity contribution in [2.75, 3.05) is 0 Å². The molecule has 0 atom stereocenters. The van der Waals surface area contributed by atoms with E-state index in [2.05, 4.69) is 28.0 Å². The van der Waals surface area contributed by atoms with Gasteiger partial charge in [0.25, 0.3) is 0 Å². The first-order chi connectivity index (χ1) is 8.99. The van der Waals surface area contributed by atoms with Crippen LogP contribution in [0.2, 0.25) is 0 Å². The SMILES string of the molecule is Cc1nn(C(=S)S)c(C)c1N=Nc1ccc(O)cc1. The van der Waals surface area contributed by atoms with Crippen molar-refractivity contribution in [3.05, 3.63) is 35.7 Å². The maximum absolute atomic E-state index is 9.19. The second kappa shape index (κ2) is 5.50. The van der Waals surface area contributed by atoms with Gasteiger partial charge in [-0.25, -0.2) is 4.68 Å². The van der Waals surface area contributed by atoms with Crippen molar-refractivity contribution in [3.63, 3.8) is 0 Å². The van der Waals surface area contributed by atoms with Gasteiger partial charge in [-0.3, -0.25) is 0 Å². The fourth-order valence-corrected chi connectivity index (χ4v) is 1.96. The predicted molar refractivity (Wildman–Crippen MR) is 81.0 cm³/mol. The summed E-state index contributed by atoms with van der Waals surface area (Å²) in [6.07, 6.45) is 0. The maximum Gasteiger partial charge on any atom is 0.158 e. The molecule has 1 N–H and O–H groups in total. The van der Waals surface area contributed by atoms with E-state index in [0.29, 0.717) is 15.7 Å². The van der Waals surface area contributed by atoms with Gasteiger partial charge in [-0.15, -0.1) is 17.7 Å². The molecular formula is C12H12N4OS2. The van der Waals surface area contributed by atoms with Gasteiger partial charge in [-0.05, 0) is 38.1 Å². The number of phenolic OH excluding ortho intramolecular Hbond substituents is 1. The Kier molecular flexibility index (Phi) is 3.96. The third kappa shape index (κ3) is 2.99. The Morgan fingerprint density at radius 2 is 1.89 bits per heavy atom. The molecule has 0 saturated carbocycles.